The lowest BCUT2D eigenvalue weighted by atomic mass is 9.98. The van der Waals surface area contributed by atoms with Crippen LogP contribution in [0.3, 0.4) is 0 Å². The lowest BCUT2D eigenvalue weighted by Crippen LogP contribution is -2.50. The molecular formula is C20H22N2O4. The van der Waals surface area contributed by atoms with Crippen LogP contribution >= 0.6 is 0 Å². The monoisotopic (exact) mass is 354 g/mol. The predicted octanol–water partition coefficient (Wildman–Crippen LogP) is 2.41. The van der Waals surface area contributed by atoms with Gasteiger partial charge in [0.1, 0.15) is 12.6 Å². The standard InChI is InChI=1S/C20H22N2O4/c1-12(18(21)19(23)25-2)22-20(24)26-11-17-15-9-5-3-7-13(15)14-8-4-6-10-16(14)17/h3-10,12,17-18H,11,21H2,1-2H3,(H,22,24)/t12-,18+/m1/s1. The van der Waals surface area contributed by atoms with Gasteiger partial charge in [0, 0.05) is 5.92 Å². The van der Waals surface area contributed by atoms with E-state index in [0.29, 0.717) is 0 Å². The summed E-state index contributed by atoms with van der Waals surface area (Å²) in [7, 11) is 1.25. The average molecular weight is 354 g/mol. The zero-order chi connectivity index (χ0) is 18.7. The molecule has 0 aromatic heterocycles. The molecule has 6 heteroatoms. The highest BCUT2D eigenvalue weighted by Gasteiger charge is 2.29. The summed E-state index contributed by atoms with van der Waals surface area (Å²) in [5.41, 5.74) is 10.3. The first-order chi connectivity index (χ1) is 12.5. The Morgan fingerprint density at radius 2 is 1.62 bits per heavy atom. The van der Waals surface area contributed by atoms with E-state index in [2.05, 4.69) is 34.3 Å². The Balaban J connectivity index is 1.67. The highest BCUT2D eigenvalue weighted by molar-refractivity contribution is 5.79. The first kappa shape index (κ1) is 17.9. The number of nitrogens with two attached hydrogens (primary N) is 1. The molecule has 0 radical (unpaired) electrons. The third-order valence-electron chi connectivity index (χ3n) is 4.70. The number of hydrogen-bond donors (Lipinski definition) is 2. The third-order valence-corrected chi connectivity index (χ3v) is 4.70. The van der Waals surface area contributed by atoms with Crippen LogP contribution in [0.5, 0.6) is 0 Å². The largest absolute Gasteiger partial charge is 0.468 e. The molecule has 26 heavy (non-hydrogen) atoms. The van der Waals surface area contributed by atoms with Gasteiger partial charge in [-0.05, 0) is 29.2 Å². The van der Waals surface area contributed by atoms with E-state index in [0.717, 1.165) is 22.3 Å². The van der Waals surface area contributed by atoms with E-state index in [9.17, 15) is 9.59 Å². The number of ether oxygens (including phenoxy) is 2. The maximum Gasteiger partial charge on any atom is 0.407 e. The van der Waals surface area contributed by atoms with E-state index < -0.39 is 24.1 Å². The van der Waals surface area contributed by atoms with Crippen LogP contribution in [-0.4, -0.2) is 37.9 Å². The van der Waals surface area contributed by atoms with Crippen molar-refractivity contribution in [2.45, 2.75) is 24.9 Å². The maximum absolute atomic E-state index is 12.1. The quantitative estimate of drug-likeness (QED) is 0.805. The molecule has 1 aliphatic carbocycles. The summed E-state index contributed by atoms with van der Waals surface area (Å²) in [6, 6.07) is 14.7. The lowest BCUT2D eigenvalue weighted by molar-refractivity contribution is -0.142. The molecule has 0 saturated heterocycles. The molecule has 0 spiro atoms. The molecule has 136 valence electrons. The first-order valence-corrected chi connectivity index (χ1v) is 8.48. The molecule has 0 saturated carbocycles. The van der Waals surface area contributed by atoms with Crippen LogP contribution in [0.25, 0.3) is 11.1 Å². The number of amides is 1. The predicted molar refractivity (Wildman–Crippen MR) is 97.7 cm³/mol. The molecule has 6 nitrogen and oxygen atoms in total. The number of esters is 1. The van der Waals surface area contributed by atoms with Gasteiger partial charge in [-0.2, -0.15) is 0 Å². The van der Waals surface area contributed by atoms with Crippen molar-refractivity contribution in [3.8, 4) is 11.1 Å². The van der Waals surface area contributed by atoms with Crippen molar-refractivity contribution in [2.24, 2.45) is 5.73 Å². The van der Waals surface area contributed by atoms with E-state index in [1.807, 2.05) is 24.3 Å². The average Bonchev–Trinajstić information content (AvgIpc) is 2.99. The van der Waals surface area contributed by atoms with E-state index in [1.54, 1.807) is 6.92 Å². The van der Waals surface area contributed by atoms with Gasteiger partial charge in [-0.1, -0.05) is 48.5 Å². The fourth-order valence-corrected chi connectivity index (χ4v) is 3.26. The summed E-state index contributed by atoms with van der Waals surface area (Å²) in [4.78, 5) is 23.5. The van der Waals surface area contributed by atoms with Crippen molar-refractivity contribution in [2.75, 3.05) is 13.7 Å². The number of fused-ring (bicyclic) bond motifs is 3. The minimum absolute atomic E-state index is 0.0160. The molecule has 3 N–H and O–H groups in total. The van der Waals surface area contributed by atoms with Crippen LogP contribution in [0.2, 0.25) is 0 Å². The van der Waals surface area contributed by atoms with Crippen molar-refractivity contribution in [1.29, 1.82) is 0 Å². The maximum atomic E-state index is 12.1. The minimum Gasteiger partial charge on any atom is -0.468 e. The topological polar surface area (TPSA) is 90.6 Å². The fraction of sp³-hybridized carbons (Fsp3) is 0.300. The normalized spacial score (nSPS) is 14.7. The molecular weight excluding hydrogens is 332 g/mol. The van der Waals surface area contributed by atoms with Crippen LogP contribution in [0, 0.1) is 0 Å². The second-order valence-corrected chi connectivity index (χ2v) is 6.31. The molecule has 0 aliphatic heterocycles. The van der Waals surface area contributed by atoms with Gasteiger partial charge in [0.25, 0.3) is 0 Å². The van der Waals surface area contributed by atoms with Gasteiger partial charge < -0.3 is 20.5 Å². The number of carbonyl (C=O) groups excluding carboxylic acids is 2. The molecule has 2 aromatic rings. The number of rotatable bonds is 5. The number of benzene rings is 2. The highest BCUT2D eigenvalue weighted by Crippen LogP contribution is 2.44. The Morgan fingerprint density at radius 3 is 2.15 bits per heavy atom. The van der Waals surface area contributed by atoms with E-state index in [-0.39, 0.29) is 12.5 Å². The SMILES string of the molecule is COC(=O)[C@@H](N)[C@@H](C)NC(=O)OCC1c2ccccc2-c2ccccc21. The Labute approximate surface area is 152 Å². The summed E-state index contributed by atoms with van der Waals surface area (Å²) in [5, 5.41) is 2.58. The van der Waals surface area contributed by atoms with E-state index in [1.165, 1.54) is 7.11 Å². The van der Waals surface area contributed by atoms with Gasteiger partial charge in [0.15, 0.2) is 0 Å². The Kier molecular flexibility index (Phi) is 5.23. The van der Waals surface area contributed by atoms with E-state index >= 15 is 0 Å². The van der Waals surface area contributed by atoms with Crippen LogP contribution in [0.15, 0.2) is 48.5 Å². The Hall–Kier alpha value is -2.86. The zero-order valence-electron chi connectivity index (χ0n) is 14.8. The number of nitrogens with one attached hydrogen (secondary N) is 1. The highest BCUT2D eigenvalue weighted by atomic mass is 16.5. The molecule has 0 bridgehead atoms. The van der Waals surface area contributed by atoms with Crippen LogP contribution in [0.1, 0.15) is 24.0 Å². The summed E-state index contributed by atoms with van der Waals surface area (Å²) in [6.07, 6.45) is -0.612. The summed E-state index contributed by atoms with van der Waals surface area (Å²) < 4.78 is 9.99. The number of hydrogen-bond acceptors (Lipinski definition) is 5. The van der Waals surface area contributed by atoms with Crippen molar-refractivity contribution < 1.29 is 19.1 Å². The van der Waals surface area contributed by atoms with Crippen molar-refractivity contribution in [1.82, 2.24) is 5.32 Å². The van der Waals surface area contributed by atoms with Crippen molar-refractivity contribution in [3.63, 3.8) is 0 Å². The lowest BCUT2D eigenvalue weighted by Gasteiger charge is -2.20. The molecule has 1 aliphatic rings. The molecule has 0 heterocycles. The summed E-state index contributed by atoms with van der Waals surface area (Å²) >= 11 is 0. The molecule has 1 amide bonds. The van der Waals surface area contributed by atoms with Gasteiger partial charge in [-0.25, -0.2) is 4.79 Å². The molecule has 2 aromatic carbocycles. The second-order valence-electron chi connectivity index (χ2n) is 6.31. The van der Waals surface area contributed by atoms with Crippen LogP contribution in [-0.2, 0) is 14.3 Å². The van der Waals surface area contributed by atoms with Crippen LogP contribution in [0.4, 0.5) is 4.79 Å². The molecule has 0 unspecified atom stereocenters. The van der Waals surface area contributed by atoms with Gasteiger partial charge in [0.05, 0.1) is 13.2 Å². The first-order valence-electron chi connectivity index (χ1n) is 8.48. The minimum atomic E-state index is -0.944. The number of carbonyl (C=O) groups is 2. The summed E-state index contributed by atoms with van der Waals surface area (Å²) in [6.45, 7) is 1.84. The van der Waals surface area contributed by atoms with Crippen LogP contribution < -0.4 is 11.1 Å². The van der Waals surface area contributed by atoms with Crippen molar-refractivity contribution in [3.05, 3.63) is 59.7 Å². The Morgan fingerprint density at radius 1 is 1.08 bits per heavy atom. The van der Waals surface area contributed by atoms with Gasteiger partial charge in [-0.3, -0.25) is 4.79 Å². The molecule has 2 atom stereocenters. The number of alkyl carbamates (subject to hydrolysis) is 1. The Bertz CT molecular complexity index is 775. The molecule has 0 fully saturated rings. The van der Waals surface area contributed by atoms with Gasteiger partial charge in [0.2, 0.25) is 0 Å². The smallest absolute Gasteiger partial charge is 0.407 e. The molecule has 3 rings (SSSR count). The fourth-order valence-electron chi connectivity index (χ4n) is 3.26. The number of methoxy groups -OCH3 is 1. The summed E-state index contributed by atoms with van der Waals surface area (Å²) in [5.74, 6) is -0.603. The van der Waals surface area contributed by atoms with Crippen molar-refractivity contribution >= 4 is 12.1 Å². The van der Waals surface area contributed by atoms with Gasteiger partial charge >= 0.3 is 12.1 Å². The second kappa shape index (κ2) is 7.58. The van der Waals surface area contributed by atoms with E-state index in [4.69, 9.17) is 10.5 Å². The van der Waals surface area contributed by atoms with Gasteiger partial charge in [-0.15, -0.1) is 0 Å². The zero-order valence-corrected chi connectivity index (χ0v) is 14.8. The third kappa shape index (κ3) is 3.41.